The van der Waals surface area contributed by atoms with Crippen LogP contribution < -0.4 is 11.3 Å². The number of hydrogen-bond donors (Lipinski definition) is 2. The summed E-state index contributed by atoms with van der Waals surface area (Å²) >= 11 is 0. The molecule has 0 unspecified atom stereocenters. The first kappa shape index (κ1) is 9.06. The zero-order valence-corrected chi connectivity index (χ0v) is 7.66. The van der Waals surface area contributed by atoms with Crippen molar-refractivity contribution >= 4 is 0 Å². The standard InChI is InChI=1S/C8H15N3O/c1-5(2)8(9)6-4-7(12)10-11(6)3/h4-5,8H,9H2,1-3H3,(H,10,12)/t8-/m0/s1. The Bertz CT molecular complexity index is 310. The number of H-pyrrole nitrogens is 1. The summed E-state index contributed by atoms with van der Waals surface area (Å²) in [6.45, 7) is 4.06. The molecule has 0 spiro atoms. The van der Waals surface area contributed by atoms with Gasteiger partial charge in [0.1, 0.15) is 0 Å². The largest absolute Gasteiger partial charge is 0.322 e. The minimum Gasteiger partial charge on any atom is -0.322 e. The Morgan fingerprint density at radius 1 is 1.58 bits per heavy atom. The zero-order chi connectivity index (χ0) is 9.30. The molecule has 68 valence electrons. The lowest BCUT2D eigenvalue weighted by molar-refractivity contribution is 0.480. The van der Waals surface area contributed by atoms with Crippen LogP contribution in [0, 0.1) is 5.92 Å². The normalized spacial score (nSPS) is 13.8. The summed E-state index contributed by atoms with van der Waals surface area (Å²) in [7, 11) is 1.79. The lowest BCUT2D eigenvalue weighted by Gasteiger charge is -2.15. The molecule has 1 rings (SSSR count). The van der Waals surface area contributed by atoms with Gasteiger partial charge in [-0.3, -0.25) is 14.6 Å². The Morgan fingerprint density at radius 2 is 2.17 bits per heavy atom. The van der Waals surface area contributed by atoms with Crippen LogP contribution in [0.4, 0.5) is 0 Å². The molecule has 1 heterocycles. The van der Waals surface area contributed by atoms with Gasteiger partial charge in [0.05, 0.1) is 5.69 Å². The molecule has 1 aromatic rings. The van der Waals surface area contributed by atoms with Gasteiger partial charge in [-0.1, -0.05) is 13.8 Å². The zero-order valence-electron chi connectivity index (χ0n) is 7.66. The fourth-order valence-corrected chi connectivity index (χ4v) is 1.15. The second-order valence-corrected chi connectivity index (χ2v) is 3.37. The number of aryl methyl sites for hydroxylation is 1. The Morgan fingerprint density at radius 3 is 2.50 bits per heavy atom. The van der Waals surface area contributed by atoms with Crippen LogP contribution in [0.1, 0.15) is 25.6 Å². The lowest BCUT2D eigenvalue weighted by Crippen LogP contribution is -2.19. The van der Waals surface area contributed by atoms with Crippen molar-refractivity contribution in [3.05, 3.63) is 22.1 Å². The van der Waals surface area contributed by atoms with Gasteiger partial charge in [0.25, 0.3) is 5.56 Å². The smallest absolute Gasteiger partial charge is 0.264 e. The van der Waals surface area contributed by atoms with E-state index >= 15 is 0 Å². The highest BCUT2D eigenvalue weighted by Gasteiger charge is 2.14. The molecular weight excluding hydrogens is 154 g/mol. The second kappa shape index (κ2) is 3.15. The number of nitrogens with one attached hydrogen (secondary N) is 1. The number of nitrogens with two attached hydrogens (primary N) is 1. The molecule has 0 aliphatic rings. The monoisotopic (exact) mass is 169 g/mol. The molecule has 4 nitrogen and oxygen atoms in total. The maximum atomic E-state index is 10.9. The Kier molecular flexibility index (Phi) is 2.38. The lowest BCUT2D eigenvalue weighted by atomic mass is 10.0. The Balaban J connectivity index is 3.02. The van der Waals surface area contributed by atoms with Crippen LogP contribution in [0.2, 0.25) is 0 Å². The fourth-order valence-electron chi connectivity index (χ4n) is 1.15. The van der Waals surface area contributed by atoms with E-state index in [1.165, 1.54) is 0 Å². The highest BCUT2D eigenvalue weighted by Crippen LogP contribution is 2.15. The molecule has 0 aromatic carbocycles. The number of nitrogens with zero attached hydrogens (tertiary/aromatic N) is 1. The maximum Gasteiger partial charge on any atom is 0.264 e. The number of rotatable bonds is 2. The van der Waals surface area contributed by atoms with Crippen LogP contribution >= 0.6 is 0 Å². The number of aromatic amines is 1. The Hall–Kier alpha value is -1.03. The van der Waals surface area contributed by atoms with E-state index in [1.807, 2.05) is 13.8 Å². The molecule has 0 amide bonds. The molecule has 0 aliphatic heterocycles. The summed E-state index contributed by atoms with van der Waals surface area (Å²) in [6.07, 6.45) is 0. The number of aromatic nitrogens is 2. The molecule has 4 heteroatoms. The van der Waals surface area contributed by atoms with E-state index < -0.39 is 0 Å². The van der Waals surface area contributed by atoms with Gasteiger partial charge in [-0.2, -0.15) is 0 Å². The topological polar surface area (TPSA) is 63.8 Å². The van der Waals surface area contributed by atoms with Crippen LogP contribution in [0.5, 0.6) is 0 Å². The van der Waals surface area contributed by atoms with Crippen LogP contribution in [0.3, 0.4) is 0 Å². The second-order valence-electron chi connectivity index (χ2n) is 3.37. The third-order valence-corrected chi connectivity index (χ3v) is 2.00. The van der Waals surface area contributed by atoms with Crippen molar-refractivity contribution < 1.29 is 0 Å². The van der Waals surface area contributed by atoms with E-state index in [2.05, 4.69) is 5.10 Å². The van der Waals surface area contributed by atoms with Crippen molar-refractivity contribution in [3.63, 3.8) is 0 Å². The molecule has 1 aromatic heterocycles. The molecule has 0 fully saturated rings. The van der Waals surface area contributed by atoms with Gasteiger partial charge >= 0.3 is 0 Å². The average Bonchev–Trinajstić information content (AvgIpc) is 2.28. The molecule has 12 heavy (non-hydrogen) atoms. The van der Waals surface area contributed by atoms with Crippen molar-refractivity contribution in [1.82, 2.24) is 9.78 Å². The number of hydrogen-bond acceptors (Lipinski definition) is 2. The first-order valence-corrected chi connectivity index (χ1v) is 4.04. The highest BCUT2D eigenvalue weighted by molar-refractivity contribution is 5.06. The minimum atomic E-state index is -0.0939. The first-order valence-electron chi connectivity index (χ1n) is 4.04. The van der Waals surface area contributed by atoms with Gasteiger partial charge in [0, 0.05) is 19.2 Å². The van der Waals surface area contributed by atoms with Gasteiger partial charge in [0.2, 0.25) is 0 Å². The van der Waals surface area contributed by atoms with Gasteiger partial charge < -0.3 is 5.73 Å². The summed E-state index contributed by atoms with van der Waals surface area (Å²) in [5, 5.41) is 2.62. The van der Waals surface area contributed by atoms with E-state index in [1.54, 1.807) is 17.8 Å². The van der Waals surface area contributed by atoms with Gasteiger partial charge in [-0.25, -0.2) is 0 Å². The van der Waals surface area contributed by atoms with Crippen molar-refractivity contribution in [3.8, 4) is 0 Å². The SMILES string of the molecule is CC(C)[C@H](N)c1cc(=O)[nH]n1C. The van der Waals surface area contributed by atoms with Crippen molar-refractivity contribution in [2.24, 2.45) is 18.7 Å². The first-order chi connectivity index (χ1) is 5.52. The van der Waals surface area contributed by atoms with Crippen LogP contribution in [-0.2, 0) is 7.05 Å². The Labute approximate surface area is 71.4 Å². The van der Waals surface area contributed by atoms with E-state index in [0.29, 0.717) is 5.92 Å². The van der Waals surface area contributed by atoms with E-state index in [0.717, 1.165) is 5.69 Å². The van der Waals surface area contributed by atoms with E-state index in [9.17, 15) is 4.79 Å². The van der Waals surface area contributed by atoms with Crippen LogP contribution in [-0.4, -0.2) is 9.78 Å². The van der Waals surface area contributed by atoms with Crippen molar-refractivity contribution in [1.29, 1.82) is 0 Å². The van der Waals surface area contributed by atoms with E-state index in [-0.39, 0.29) is 11.6 Å². The molecule has 0 saturated heterocycles. The van der Waals surface area contributed by atoms with Crippen molar-refractivity contribution in [2.75, 3.05) is 0 Å². The third-order valence-electron chi connectivity index (χ3n) is 2.00. The predicted octanol–water partition coefficient (Wildman–Crippen LogP) is 0.369. The maximum absolute atomic E-state index is 10.9. The minimum absolute atomic E-state index is 0.0750. The highest BCUT2D eigenvalue weighted by atomic mass is 16.1. The van der Waals surface area contributed by atoms with Crippen LogP contribution in [0.15, 0.2) is 10.9 Å². The quantitative estimate of drug-likeness (QED) is 0.671. The van der Waals surface area contributed by atoms with Gasteiger partial charge in [0.15, 0.2) is 0 Å². The summed E-state index contributed by atoms with van der Waals surface area (Å²) in [5.74, 6) is 0.339. The summed E-state index contributed by atoms with van der Waals surface area (Å²) in [6, 6.07) is 1.47. The fraction of sp³-hybridized carbons (Fsp3) is 0.625. The molecule has 0 saturated carbocycles. The summed E-state index contributed by atoms with van der Waals surface area (Å²) in [4.78, 5) is 10.9. The summed E-state index contributed by atoms with van der Waals surface area (Å²) < 4.78 is 1.67. The predicted molar refractivity (Wildman–Crippen MR) is 47.8 cm³/mol. The average molecular weight is 169 g/mol. The van der Waals surface area contributed by atoms with E-state index in [4.69, 9.17) is 5.73 Å². The molecule has 0 aliphatic carbocycles. The van der Waals surface area contributed by atoms with Crippen LogP contribution in [0.25, 0.3) is 0 Å². The molecular formula is C8H15N3O. The molecule has 0 radical (unpaired) electrons. The molecule has 1 atom stereocenters. The van der Waals surface area contributed by atoms with Gasteiger partial charge in [-0.05, 0) is 5.92 Å². The third kappa shape index (κ3) is 1.58. The molecule has 3 N–H and O–H groups in total. The van der Waals surface area contributed by atoms with Gasteiger partial charge in [-0.15, -0.1) is 0 Å². The van der Waals surface area contributed by atoms with Crippen molar-refractivity contribution in [2.45, 2.75) is 19.9 Å². The molecule has 0 bridgehead atoms. The summed E-state index contributed by atoms with van der Waals surface area (Å²) in [5.41, 5.74) is 6.63.